The summed E-state index contributed by atoms with van der Waals surface area (Å²) in [6.45, 7) is 2.07. The Morgan fingerprint density at radius 3 is 1.76 bits per heavy atom. The fraction of sp³-hybridized carbons (Fsp3) is 0.0256. The van der Waals surface area contributed by atoms with E-state index in [1.54, 1.807) is 0 Å². The number of fused-ring (bicyclic) bond motifs is 3. The molecule has 6 aromatic carbocycles. The van der Waals surface area contributed by atoms with Crippen molar-refractivity contribution in [3.05, 3.63) is 152 Å². The average Bonchev–Trinajstić information content (AvgIpc) is 3.39. The zero-order valence-corrected chi connectivity index (χ0v) is 23.2. The Labute approximate surface area is 244 Å². The quantitative estimate of drug-likeness (QED) is 0.209. The lowest BCUT2D eigenvalue weighted by Gasteiger charge is -2.19. The Morgan fingerprint density at radius 2 is 1.10 bits per heavy atom. The van der Waals surface area contributed by atoms with E-state index in [4.69, 9.17) is 4.98 Å². The van der Waals surface area contributed by atoms with Crippen LogP contribution in [-0.2, 0) is 0 Å². The van der Waals surface area contributed by atoms with Crippen LogP contribution in [0.5, 0.6) is 0 Å². The summed E-state index contributed by atoms with van der Waals surface area (Å²) in [7, 11) is 0. The van der Waals surface area contributed by atoms with E-state index in [0.717, 1.165) is 28.1 Å². The maximum absolute atomic E-state index is 4.78. The van der Waals surface area contributed by atoms with Gasteiger partial charge in [0.2, 0.25) is 0 Å². The molecule has 8 aromatic rings. The summed E-state index contributed by atoms with van der Waals surface area (Å²) >= 11 is 0. The summed E-state index contributed by atoms with van der Waals surface area (Å²) in [4.78, 5) is 9.19. The molecule has 0 radical (unpaired) electrons. The minimum atomic E-state index is 0.983. The zero-order valence-electron chi connectivity index (χ0n) is 23.2. The molecule has 3 heteroatoms. The summed E-state index contributed by atoms with van der Waals surface area (Å²) in [6.07, 6.45) is 3.78. The molecular weight excluding hydrogens is 510 g/mol. The molecule has 2 heterocycles. The van der Waals surface area contributed by atoms with Crippen molar-refractivity contribution in [1.29, 1.82) is 0 Å². The normalized spacial score (nSPS) is 11.5. The monoisotopic (exact) mass is 537 g/mol. The molecule has 0 amide bonds. The molecule has 0 aliphatic heterocycles. The van der Waals surface area contributed by atoms with Gasteiger partial charge >= 0.3 is 0 Å². The van der Waals surface area contributed by atoms with E-state index in [1.165, 1.54) is 49.4 Å². The summed E-state index contributed by atoms with van der Waals surface area (Å²) in [6, 6.07) is 47.7. The van der Waals surface area contributed by atoms with Crippen molar-refractivity contribution in [3.63, 3.8) is 0 Å². The number of aromatic nitrogens is 3. The Hall–Kier alpha value is -5.54. The molecule has 0 N–H and O–H groups in total. The number of pyridine rings is 1. The van der Waals surface area contributed by atoms with Crippen LogP contribution in [0, 0.1) is 6.92 Å². The van der Waals surface area contributed by atoms with Crippen LogP contribution in [0.4, 0.5) is 0 Å². The number of rotatable bonds is 4. The van der Waals surface area contributed by atoms with E-state index >= 15 is 0 Å². The third-order valence-electron chi connectivity index (χ3n) is 8.24. The van der Waals surface area contributed by atoms with Gasteiger partial charge in [-0.25, -0.2) is 4.98 Å². The van der Waals surface area contributed by atoms with Crippen LogP contribution >= 0.6 is 0 Å². The van der Waals surface area contributed by atoms with Gasteiger partial charge in [-0.3, -0.25) is 9.55 Å². The first kappa shape index (κ1) is 24.3. The molecule has 42 heavy (non-hydrogen) atoms. The van der Waals surface area contributed by atoms with E-state index < -0.39 is 0 Å². The predicted octanol–water partition coefficient (Wildman–Crippen LogP) is 10.0. The van der Waals surface area contributed by atoms with Crippen LogP contribution in [0.15, 0.2) is 146 Å². The molecular formula is C39H27N3. The van der Waals surface area contributed by atoms with Gasteiger partial charge in [0.25, 0.3) is 0 Å². The standard InChI is InChI=1S/C39H27N3/c1-26-41-36-18-8-9-19-37(36)42(26)29-22-20-27(21-23-29)38-32-14-4-6-16-34(32)39(35-17-7-5-15-33(35)38)31-13-3-2-12-30(31)28-11-10-24-40-25-28/h2-25H,1H3. The van der Waals surface area contributed by atoms with E-state index in [1.807, 2.05) is 24.5 Å². The second-order valence-corrected chi connectivity index (χ2v) is 10.7. The number of para-hydroxylation sites is 2. The fourth-order valence-corrected chi connectivity index (χ4v) is 6.45. The van der Waals surface area contributed by atoms with Gasteiger partial charge in [0.05, 0.1) is 11.0 Å². The van der Waals surface area contributed by atoms with Crippen LogP contribution in [0.25, 0.3) is 71.6 Å². The van der Waals surface area contributed by atoms with Crippen molar-refractivity contribution in [2.24, 2.45) is 0 Å². The molecule has 2 aromatic heterocycles. The number of benzene rings is 6. The van der Waals surface area contributed by atoms with Gasteiger partial charge in [0.15, 0.2) is 0 Å². The first-order valence-electron chi connectivity index (χ1n) is 14.3. The van der Waals surface area contributed by atoms with E-state index in [0.29, 0.717) is 0 Å². The Balaban J connectivity index is 1.37. The highest BCUT2D eigenvalue weighted by atomic mass is 15.1. The largest absolute Gasteiger partial charge is 0.297 e. The Kier molecular flexibility index (Phi) is 5.68. The maximum Gasteiger partial charge on any atom is 0.111 e. The van der Waals surface area contributed by atoms with Crippen LogP contribution in [0.1, 0.15) is 5.82 Å². The first-order valence-corrected chi connectivity index (χ1v) is 14.3. The van der Waals surface area contributed by atoms with Gasteiger partial charge in [-0.2, -0.15) is 0 Å². The Bertz CT molecular complexity index is 2190. The second-order valence-electron chi connectivity index (χ2n) is 10.7. The number of nitrogens with zero attached hydrogens (tertiary/aromatic N) is 3. The fourth-order valence-electron chi connectivity index (χ4n) is 6.45. The molecule has 0 aliphatic rings. The molecule has 0 saturated heterocycles. The number of hydrogen-bond donors (Lipinski definition) is 0. The van der Waals surface area contributed by atoms with Gasteiger partial charge in [-0.1, -0.05) is 103 Å². The van der Waals surface area contributed by atoms with Crippen molar-refractivity contribution in [2.45, 2.75) is 6.92 Å². The summed E-state index contributed by atoms with van der Waals surface area (Å²) < 4.78 is 2.23. The van der Waals surface area contributed by atoms with Crippen molar-refractivity contribution in [2.75, 3.05) is 0 Å². The third-order valence-corrected chi connectivity index (χ3v) is 8.24. The van der Waals surface area contributed by atoms with Crippen LogP contribution in [0.3, 0.4) is 0 Å². The summed E-state index contributed by atoms with van der Waals surface area (Å²) in [5.41, 5.74) is 10.4. The lowest BCUT2D eigenvalue weighted by atomic mass is 9.84. The molecule has 3 nitrogen and oxygen atoms in total. The van der Waals surface area contributed by atoms with E-state index in [9.17, 15) is 0 Å². The highest BCUT2D eigenvalue weighted by Gasteiger charge is 2.19. The van der Waals surface area contributed by atoms with Gasteiger partial charge in [0.1, 0.15) is 5.82 Å². The summed E-state index contributed by atoms with van der Waals surface area (Å²) in [5, 5.41) is 4.96. The molecule has 198 valence electrons. The molecule has 0 unspecified atom stereocenters. The SMILES string of the molecule is Cc1nc2ccccc2n1-c1ccc(-c2c3ccccc3c(-c3ccccc3-c3cccnc3)c3ccccc23)cc1. The van der Waals surface area contributed by atoms with Crippen molar-refractivity contribution < 1.29 is 0 Å². The number of aryl methyl sites for hydroxylation is 1. The second kappa shape index (κ2) is 9.83. The van der Waals surface area contributed by atoms with Crippen molar-refractivity contribution in [1.82, 2.24) is 14.5 Å². The topological polar surface area (TPSA) is 30.7 Å². The highest BCUT2D eigenvalue weighted by molar-refractivity contribution is 6.22. The molecule has 0 bridgehead atoms. The predicted molar refractivity (Wildman–Crippen MR) is 175 cm³/mol. The molecule has 8 rings (SSSR count). The minimum Gasteiger partial charge on any atom is -0.297 e. The van der Waals surface area contributed by atoms with Crippen molar-refractivity contribution >= 4 is 32.6 Å². The number of hydrogen-bond acceptors (Lipinski definition) is 2. The Morgan fingerprint density at radius 1 is 0.500 bits per heavy atom. The van der Waals surface area contributed by atoms with Gasteiger partial charge in [-0.05, 0) is 86.6 Å². The van der Waals surface area contributed by atoms with E-state index in [-0.39, 0.29) is 0 Å². The van der Waals surface area contributed by atoms with E-state index in [2.05, 4.69) is 138 Å². The van der Waals surface area contributed by atoms with Gasteiger partial charge < -0.3 is 0 Å². The highest BCUT2D eigenvalue weighted by Crippen LogP contribution is 2.46. The smallest absolute Gasteiger partial charge is 0.111 e. The lowest BCUT2D eigenvalue weighted by molar-refractivity contribution is 1.00. The molecule has 0 spiro atoms. The molecule has 0 atom stereocenters. The number of imidazole rings is 1. The van der Waals surface area contributed by atoms with Crippen LogP contribution < -0.4 is 0 Å². The lowest BCUT2D eigenvalue weighted by Crippen LogP contribution is -1.97. The maximum atomic E-state index is 4.78. The summed E-state index contributed by atoms with van der Waals surface area (Å²) in [5.74, 6) is 0.983. The van der Waals surface area contributed by atoms with Gasteiger partial charge in [-0.15, -0.1) is 0 Å². The van der Waals surface area contributed by atoms with Crippen molar-refractivity contribution in [3.8, 4) is 39.1 Å². The zero-order chi connectivity index (χ0) is 28.0. The molecule has 0 fully saturated rings. The van der Waals surface area contributed by atoms with Gasteiger partial charge in [0, 0.05) is 23.6 Å². The minimum absolute atomic E-state index is 0.983. The first-order chi connectivity index (χ1) is 20.8. The van der Waals surface area contributed by atoms with Crippen LogP contribution in [-0.4, -0.2) is 14.5 Å². The molecule has 0 saturated carbocycles. The molecule has 0 aliphatic carbocycles. The average molecular weight is 538 g/mol. The van der Waals surface area contributed by atoms with Crippen LogP contribution in [0.2, 0.25) is 0 Å². The third kappa shape index (κ3) is 3.82.